The van der Waals surface area contributed by atoms with Crippen molar-refractivity contribution in [3.8, 4) is 0 Å². The maximum Gasteiger partial charge on any atom is 0.228 e. The van der Waals surface area contributed by atoms with E-state index in [0.717, 1.165) is 43.1 Å². The molecule has 0 saturated carbocycles. The van der Waals surface area contributed by atoms with Crippen molar-refractivity contribution < 1.29 is 14.3 Å². The van der Waals surface area contributed by atoms with Crippen molar-refractivity contribution in [3.63, 3.8) is 0 Å². The fourth-order valence-corrected chi connectivity index (χ4v) is 5.43. The summed E-state index contributed by atoms with van der Waals surface area (Å²) in [7, 11) is 0. The summed E-state index contributed by atoms with van der Waals surface area (Å²) in [5.41, 5.74) is 0.863. The SMILES string of the molecule is O=C1CC(C(=O)N(CC2CCCO2)C2CCSC2)CN1Cc1ccccn1. The Labute approximate surface area is 164 Å². The molecule has 3 atom stereocenters. The van der Waals surface area contributed by atoms with Crippen molar-refractivity contribution in [1.82, 2.24) is 14.8 Å². The van der Waals surface area contributed by atoms with Gasteiger partial charge in [0.2, 0.25) is 11.8 Å². The number of amides is 2. The van der Waals surface area contributed by atoms with Crippen LogP contribution in [0.2, 0.25) is 0 Å². The summed E-state index contributed by atoms with van der Waals surface area (Å²) >= 11 is 1.91. The molecule has 0 aromatic carbocycles. The molecule has 4 rings (SSSR count). The first-order valence-electron chi connectivity index (χ1n) is 9.88. The molecule has 2 amide bonds. The highest BCUT2D eigenvalue weighted by molar-refractivity contribution is 7.99. The minimum atomic E-state index is -0.242. The number of nitrogens with zero attached hydrogens (tertiary/aromatic N) is 3. The van der Waals surface area contributed by atoms with Crippen LogP contribution in [0, 0.1) is 5.92 Å². The van der Waals surface area contributed by atoms with Gasteiger partial charge in [-0.3, -0.25) is 14.6 Å². The quantitative estimate of drug-likeness (QED) is 0.744. The predicted molar refractivity (Wildman–Crippen MR) is 104 cm³/mol. The average Bonchev–Trinajstić information content (AvgIpc) is 3.43. The van der Waals surface area contributed by atoms with Gasteiger partial charge in [-0.2, -0.15) is 11.8 Å². The molecule has 6 nitrogen and oxygen atoms in total. The standard InChI is InChI=1S/C20H27N3O3S/c24-19-10-15(11-22(19)12-16-4-1-2-7-21-16)20(25)23(17-6-9-27-14-17)13-18-5-3-8-26-18/h1-2,4,7,15,17-18H,3,5-6,8-14H2. The second-order valence-corrected chi connectivity index (χ2v) is 8.79. The van der Waals surface area contributed by atoms with Gasteiger partial charge in [0, 0.05) is 44.1 Å². The molecule has 3 saturated heterocycles. The summed E-state index contributed by atoms with van der Waals surface area (Å²) in [5.74, 6) is 2.05. The molecule has 3 aliphatic rings. The van der Waals surface area contributed by atoms with Crippen LogP contribution in [0.5, 0.6) is 0 Å². The van der Waals surface area contributed by atoms with Gasteiger partial charge in [-0.05, 0) is 37.1 Å². The highest BCUT2D eigenvalue weighted by Gasteiger charge is 2.40. The number of carbonyl (C=O) groups is 2. The molecule has 4 heterocycles. The molecule has 0 spiro atoms. The van der Waals surface area contributed by atoms with E-state index in [4.69, 9.17) is 4.74 Å². The summed E-state index contributed by atoms with van der Waals surface area (Å²) in [4.78, 5) is 33.9. The number of pyridine rings is 1. The van der Waals surface area contributed by atoms with E-state index >= 15 is 0 Å². The zero-order chi connectivity index (χ0) is 18.6. The van der Waals surface area contributed by atoms with Gasteiger partial charge in [-0.25, -0.2) is 0 Å². The fourth-order valence-electron chi connectivity index (χ4n) is 4.21. The summed E-state index contributed by atoms with van der Waals surface area (Å²) in [6.45, 7) is 2.45. The maximum atomic E-state index is 13.3. The van der Waals surface area contributed by atoms with Crippen LogP contribution in [0.25, 0.3) is 0 Å². The van der Waals surface area contributed by atoms with Gasteiger partial charge in [-0.1, -0.05) is 6.07 Å². The number of thioether (sulfide) groups is 1. The third kappa shape index (κ3) is 4.46. The molecule has 0 N–H and O–H groups in total. The van der Waals surface area contributed by atoms with Gasteiger partial charge in [0.1, 0.15) is 0 Å². The Hall–Kier alpha value is -1.60. The number of ether oxygens (including phenoxy) is 1. The smallest absolute Gasteiger partial charge is 0.228 e. The van der Waals surface area contributed by atoms with Crippen LogP contribution < -0.4 is 0 Å². The Bertz CT molecular complexity index is 660. The van der Waals surface area contributed by atoms with E-state index in [1.807, 2.05) is 34.9 Å². The van der Waals surface area contributed by atoms with Crippen LogP contribution in [0.15, 0.2) is 24.4 Å². The van der Waals surface area contributed by atoms with Crippen LogP contribution in [0.1, 0.15) is 31.4 Å². The van der Waals surface area contributed by atoms with Crippen molar-refractivity contribution in [2.45, 2.75) is 44.4 Å². The van der Waals surface area contributed by atoms with Crippen LogP contribution in [-0.4, -0.2) is 69.9 Å². The number of likely N-dealkylation sites (tertiary alicyclic amines) is 1. The average molecular weight is 390 g/mol. The minimum Gasteiger partial charge on any atom is -0.376 e. The second kappa shape index (κ2) is 8.61. The van der Waals surface area contributed by atoms with Gasteiger partial charge in [-0.15, -0.1) is 0 Å². The van der Waals surface area contributed by atoms with Crippen molar-refractivity contribution in [3.05, 3.63) is 30.1 Å². The number of carbonyl (C=O) groups excluding carboxylic acids is 2. The van der Waals surface area contributed by atoms with Crippen LogP contribution in [0.3, 0.4) is 0 Å². The second-order valence-electron chi connectivity index (χ2n) is 7.64. The first kappa shape index (κ1) is 18.7. The number of hydrogen-bond donors (Lipinski definition) is 0. The molecule has 1 aromatic heterocycles. The summed E-state index contributed by atoms with van der Waals surface area (Å²) in [6, 6.07) is 5.99. The van der Waals surface area contributed by atoms with E-state index in [2.05, 4.69) is 4.98 Å². The van der Waals surface area contributed by atoms with E-state index in [0.29, 0.717) is 26.1 Å². The molecular weight excluding hydrogens is 362 g/mol. The van der Waals surface area contributed by atoms with Gasteiger partial charge in [0.05, 0.1) is 24.3 Å². The van der Waals surface area contributed by atoms with E-state index in [1.165, 1.54) is 0 Å². The minimum absolute atomic E-state index is 0.0527. The Morgan fingerprint density at radius 2 is 2.30 bits per heavy atom. The Kier molecular flexibility index (Phi) is 5.98. The zero-order valence-corrected chi connectivity index (χ0v) is 16.4. The lowest BCUT2D eigenvalue weighted by Gasteiger charge is -2.32. The van der Waals surface area contributed by atoms with Crippen LogP contribution in [-0.2, 0) is 20.9 Å². The van der Waals surface area contributed by atoms with E-state index in [9.17, 15) is 9.59 Å². The molecule has 1 aromatic rings. The Morgan fingerprint density at radius 3 is 3.00 bits per heavy atom. The van der Waals surface area contributed by atoms with Gasteiger partial charge in [0.25, 0.3) is 0 Å². The monoisotopic (exact) mass is 389 g/mol. The van der Waals surface area contributed by atoms with Crippen LogP contribution >= 0.6 is 11.8 Å². The number of hydrogen-bond acceptors (Lipinski definition) is 5. The number of rotatable bonds is 6. The van der Waals surface area contributed by atoms with Crippen molar-refractivity contribution >= 4 is 23.6 Å². The van der Waals surface area contributed by atoms with Crippen molar-refractivity contribution in [1.29, 1.82) is 0 Å². The summed E-state index contributed by atoms with van der Waals surface area (Å²) in [5, 5.41) is 0. The molecule has 146 valence electrons. The zero-order valence-electron chi connectivity index (χ0n) is 15.6. The maximum absolute atomic E-state index is 13.3. The molecule has 27 heavy (non-hydrogen) atoms. The van der Waals surface area contributed by atoms with Crippen molar-refractivity contribution in [2.75, 3.05) is 31.2 Å². The lowest BCUT2D eigenvalue weighted by atomic mass is 10.0. The van der Waals surface area contributed by atoms with E-state index in [1.54, 1.807) is 11.1 Å². The highest BCUT2D eigenvalue weighted by Crippen LogP contribution is 2.29. The summed E-state index contributed by atoms with van der Waals surface area (Å²) in [6.07, 6.45) is 5.35. The predicted octanol–water partition coefficient (Wildman–Crippen LogP) is 1.94. The third-order valence-corrected chi connectivity index (χ3v) is 6.84. The lowest BCUT2D eigenvalue weighted by molar-refractivity contribution is -0.139. The largest absolute Gasteiger partial charge is 0.376 e. The fraction of sp³-hybridized carbons (Fsp3) is 0.650. The lowest BCUT2D eigenvalue weighted by Crippen LogP contribution is -2.47. The topological polar surface area (TPSA) is 62.7 Å². The number of aromatic nitrogens is 1. The molecule has 3 fully saturated rings. The molecule has 3 unspecified atom stereocenters. The summed E-state index contributed by atoms with van der Waals surface area (Å²) < 4.78 is 5.79. The molecular formula is C20H27N3O3S. The first-order valence-corrected chi connectivity index (χ1v) is 11.0. The normalized spacial score (nSPS) is 28.1. The van der Waals surface area contributed by atoms with E-state index in [-0.39, 0.29) is 29.9 Å². The molecule has 7 heteroatoms. The van der Waals surface area contributed by atoms with Crippen LogP contribution in [0.4, 0.5) is 0 Å². The molecule has 0 bridgehead atoms. The van der Waals surface area contributed by atoms with Gasteiger partial charge in [0.15, 0.2) is 0 Å². The Balaban J connectivity index is 1.42. The van der Waals surface area contributed by atoms with E-state index < -0.39 is 0 Å². The van der Waals surface area contributed by atoms with Gasteiger partial charge < -0.3 is 14.5 Å². The van der Waals surface area contributed by atoms with Crippen molar-refractivity contribution in [2.24, 2.45) is 5.92 Å². The highest BCUT2D eigenvalue weighted by atomic mass is 32.2. The third-order valence-electron chi connectivity index (χ3n) is 5.70. The molecule has 3 aliphatic heterocycles. The molecule has 0 aliphatic carbocycles. The first-order chi connectivity index (χ1) is 13.2. The Morgan fingerprint density at radius 1 is 1.37 bits per heavy atom. The van der Waals surface area contributed by atoms with Gasteiger partial charge >= 0.3 is 0 Å². The molecule has 0 radical (unpaired) electrons.